The number of carbonyl (C=O) groups excluding carboxylic acids is 2. The lowest BCUT2D eigenvalue weighted by Crippen LogP contribution is -2.45. The van der Waals surface area contributed by atoms with Gasteiger partial charge in [0, 0.05) is 25.2 Å². The first-order chi connectivity index (χ1) is 17.7. The molecule has 3 aliphatic rings. The number of rotatable bonds is 7. The van der Waals surface area contributed by atoms with Crippen LogP contribution in [0.25, 0.3) is 0 Å². The third-order valence-electron chi connectivity index (χ3n) is 7.84. The van der Waals surface area contributed by atoms with Gasteiger partial charge in [0.25, 0.3) is 5.91 Å². The molecule has 2 heterocycles. The molecule has 5 rings (SSSR count). The molecular weight excluding hydrogens is 472 g/mol. The van der Waals surface area contributed by atoms with Gasteiger partial charge in [0.15, 0.2) is 5.82 Å². The SMILES string of the molecule is COc1cc(C(=O)NC2(CO)CC2)ccc1Nc1ncc2c(n1)N(C1CCCC1)CC(C)(C)C(=O)N2C. The van der Waals surface area contributed by atoms with E-state index in [-0.39, 0.29) is 18.4 Å². The Morgan fingerprint density at radius 1 is 1.24 bits per heavy atom. The van der Waals surface area contributed by atoms with Gasteiger partial charge in [0.05, 0.1) is 36.6 Å². The molecule has 2 saturated carbocycles. The molecule has 1 aromatic heterocycles. The highest BCUT2D eigenvalue weighted by atomic mass is 16.5. The van der Waals surface area contributed by atoms with Crippen LogP contribution in [0.5, 0.6) is 5.75 Å². The molecule has 1 aromatic carbocycles. The van der Waals surface area contributed by atoms with E-state index in [2.05, 4.69) is 20.5 Å². The fourth-order valence-corrected chi connectivity index (χ4v) is 5.37. The number of anilines is 4. The zero-order chi connectivity index (χ0) is 26.4. The minimum absolute atomic E-state index is 0.0447. The normalized spacial score (nSPS) is 20.3. The Morgan fingerprint density at radius 2 is 1.97 bits per heavy atom. The van der Waals surface area contributed by atoms with Crippen LogP contribution in [0.15, 0.2) is 24.4 Å². The lowest BCUT2D eigenvalue weighted by molar-refractivity contribution is -0.125. The van der Waals surface area contributed by atoms with Crippen molar-refractivity contribution in [2.75, 3.05) is 42.4 Å². The van der Waals surface area contributed by atoms with Gasteiger partial charge in [-0.3, -0.25) is 9.59 Å². The standard InChI is InChI=1S/C27H36N6O4/c1-26(2)15-33(18-7-5-6-8-18)22-20(32(3)24(26)36)14-28-25(30-22)29-19-10-9-17(13-21(19)37-4)23(35)31-27(16-34)11-12-27/h9-10,13-14,18,34H,5-8,11-12,15-16H2,1-4H3,(H,31,35)(H,28,29,30). The Balaban J connectivity index is 1.44. The summed E-state index contributed by atoms with van der Waals surface area (Å²) in [6.07, 6.45) is 7.75. The van der Waals surface area contributed by atoms with Gasteiger partial charge in [-0.05, 0) is 57.7 Å². The summed E-state index contributed by atoms with van der Waals surface area (Å²) in [7, 11) is 3.33. The highest BCUT2D eigenvalue weighted by Gasteiger charge is 2.44. The van der Waals surface area contributed by atoms with Crippen molar-refractivity contribution in [3.8, 4) is 5.75 Å². The summed E-state index contributed by atoms with van der Waals surface area (Å²) in [5.74, 6) is 1.40. The van der Waals surface area contributed by atoms with Gasteiger partial charge in [0.2, 0.25) is 11.9 Å². The molecular formula is C27H36N6O4. The molecule has 198 valence electrons. The summed E-state index contributed by atoms with van der Waals surface area (Å²) in [5, 5.41) is 15.7. The second kappa shape index (κ2) is 9.48. The average molecular weight is 509 g/mol. The minimum Gasteiger partial charge on any atom is -0.495 e. The summed E-state index contributed by atoms with van der Waals surface area (Å²) in [6.45, 7) is 4.49. The molecule has 37 heavy (non-hydrogen) atoms. The first kappa shape index (κ1) is 25.3. The summed E-state index contributed by atoms with van der Waals surface area (Å²) < 4.78 is 5.56. The first-order valence-corrected chi connectivity index (χ1v) is 13.0. The number of aliphatic hydroxyl groups excluding tert-OH is 1. The number of nitrogens with one attached hydrogen (secondary N) is 2. The zero-order valence-corrected chi connectivity index (χ0v) is 22.0. The van der Waals surface area contributed by atoms with E-state index in [1.54, 1.807) is 43.5 Å². The molecule has 0 saturated heterocycles. The monoisotopic (exact) mass is 508 g/mol. The lowest BCUT2D eigenvalue weighted by Gasteiger charge is -2.34. The van der Waals surface area contributed by atoms with E-state index < -0.39 is 11.0 Å². The van der Waals surface area contributed by atoms with Gasteiger partial charge in [-0.15, -0.1) is 0 Å². The number of aromatic nitrogens is 2. The number of benzene rings is 1. The minimum atomic E-state index is -0.555. The van der Waals surface area contributed by atoms with Crippen molar-refractivity contribution in [1.29, 1.82) is 0 Å². The second-order valence-electron chi connectivity index (χ2n) is 11.1. The van der Waals surface area contributed by atoms with Crippen molar-refractivity contribution < 1.29 is 19.4 Å². The molecule has 2 amide bonds. The van der Waals surface area contributed by atoms with Crippen LogP contribution in [0.1, 0.15) is 62.7 Å². The Hall–Kier alpha value is -3.40. The van der Waals surface area contributed by atoms with Gasteiger partial charge in [0.1, 0.15) is 11.4 Å². The molecule has 10 heteroatoms. The van der Waals surface area contributed by atoms with Crippen molar-refractivity contribution in [2.45, 2.75) is 64.0 Å². The zero-order valence-electron chi connectivity index (χ0n) is 22.0. The van der Waals surface area contributed by atoms with E-state index in [9.17, 15) is 14.7 Å². The van der Waals surface area contributed by atoms with Crippen molar-refractivity contribution in [3.63, 3.8) is 0 Å². The molecule has 0 atom stereocenters. The maximum absolute atomic E-state index is 13.2. The van der Waals surface area contributed by atoms with Crippen molar-refractivity contribution >= 4 is 35.0 Å². The number of amides is 2. The fourth-order valence-electron chi connectivity index (χ4n) is 5.37. The fraction of sp³-hybridized carbons (Fsp3) is 0.556. The summed E-state index contributed by atoms with van der Waals surface area (Å²) in [5.41, 5.74) is 0.712. The molecule has 2 aliphatic carbocycles. The van der Waals surface area contributed by atoms with Gasteiger partial charge < -0.3 is 30.3 Å². The Morgan fingerprint density at radius 3 is 2.62 bits per heavy atom. The lowest BCUT2D eigenvalue weighted by atomic mass is 9.91. The number of aliphatic hydroxyl groups is 1. The van der Waals surface area contributed by atoms with Crippen LogP contribution >= 0.6 is 0 Å². The van der Waals surface area contributed by atoms with E-state index in [0.717, 1.165) is 31.5 Å². The largest absolute Gasteiger partial charge is 0.495 e. The summed E-state index contributed by atoms with van der Waals surface area (Å²) in [4.78, 5) is 39.3. The maximum Gasteiger partial charge on any atom is 0.251 e. The van der Waals surface area contributed by atoms with E-state index >= 15 is 0 Å². The molecule has 3 N–H and O–H groups in total. The quantitative estimate of drug-likeness (QED) is 0.522. The van der Waals surface area contributed by atoms with E-state index in [1.807, 2.05) is 13.8 Å². The van der Waals surface area contributed by atoms with Crippen molar-refractivity contribution in [2.24, 2.45) is 5.41 Å². The van der Waals surface area contributed by atoms with Crippen LogP contribution in [0.4, 0.5) is 23.1 Å². The molecule has 0 spiro atoms. The molecule has 2 aromatic rings. The van der Waals surface area contributed by atoms with Gasteiger partial charge in [-0.25, -0.2) is 4.98 Å². The highest BCUT2D eigenvalue weighted by Crippen LogP contribution is 2.41. The van der Waals surface area contributed by atoms with Crippen LogP contribution in [-0.4, -0.2) is 65.8 Å². The second-order valence-corrected chi connectivity index (χ2v) is 11.1. The Bertz CT molecular complexity index is 1210. The predicted molar refractivity (Wildman–Crippen MR) is 142 cm³/mol. The smallest absolute Gasteiger partial charge is 0.251 e. The van der Waals surface area contributed by atoms with Crippen LogP contribution in [0.3, 0.4) is 0 Å². The number of methoxy groups -OCH3 is 1. The molecule has 0 radical (unpaired) electrons. The number of nitrogens with zero attached hydrogens (tertiary/aromatic N) is 4. The average Bonchev–Trinajstić information content (AvgIpc) is 3.46. The first-order valence-electron chi connectivity index (χ1n) is 13.0. The van der Waals surface area contributed by atoms with E-state index in [0.29, 0.717) is 41.2 Å². The maximum atomic E-state index is 13.2. The van der Waals surface area contributed by atoms with Gasteiger partial charge in [-0.1, -0.05) is 12.8 Å². The number of hydrogen-bond donors (Lipinski definition) is 3. The number of fused-ring (bicyclic) bond motifs is 1. The number of carbonyl (C=O) groups is 2. The Labute approximate surface area is 217 Å². The molecule has 10 nitrogen and oxygen atoms in total. The van der Waals surface area contributed by atoms with Crippen LogP contribution in [-0.2, 0) is 4.79 Å². The van der Waals surface area contributed by atoms with Gasteiger partial charge in [-0.2, -0.15) is 4.98 Å². The van der Waals surface area contributed by atoms with Gasteiger partial charge >= 0.3 is 0 Å². The van der Waals surface area contributed by atoms with Crippen molar-refractivity contribution in [1.82, 2.24) is 15.3 Å². The van der Waals surface area contributed by atoms with E-state index in [1.165, 1.54) is 12.8 Å². The Kier molecular flexibility index (Phi) is 6.47. The summed E-state index contributed by atoms with van der Waals surface area (Å²) in [6, 6.07) is 5.46. The topological polar surface area (TPSA) is 120 Å². The van der Waals surface area contributed by atoms with E-state index in [4.69, 9.17) is 9.72 Å². The predicted octanol–water partition coefficient (Wildman–Crippen LogP) is 3.24. The number of ether oxygens (including phenoxy) is 1. The summed E-state index contributed by atoms with van der Waals surface area (Å²) >= 11 is 0. The van der Waals surface area contributed by atoms with Crippen molar-refractivity contribution in [3.05, 3.63) is 30.0 Å². The molecule has 0 unspecified atom stereocenters. The van der Waals surface area contributed by atoms with Crippen LogP contribution < -0.4 is 25.2 Å². The third kappa shape index (κ3) is 4.82. The molecule has 0 bridgehead atoms. The molecule has 1 aliphatic heterocycles. The molecule has 2 fully saturated rings. The van der Waals surface area contributed by atoms with Crippen LogP contribution in [0.2, 0.25) is 0 Å². The number of hydrogen-bond acceptors (Lipinski definition) is 8. The van der Waals surface area contributed by atoms with Crippen LogP contribution in [0, 0.1) is 5.41 Å². The highest BCUT2D eigenvalue weighted by molar-refractivity contribution is 6.01. The third-order valence-corrected chi connectivity index (χ3v) is 7.84.